The average Bonchev–Trinajstić information content (AvgIpc) is 2.87. The predicted molar refractivity (Wildman–Crippen MR) is 79.8 cm³/mol. The van der Waals surface area contributed by atoms with E-state index >= 15 is 0 Å². The molecule has 0 saturated carbocycles. The molecule has 19 heavy (non-hydrogen) atoms. The fourth-order valence-corrected chi connectivity index (χ4v) is 2.98. The Bertz CT molecular complexity index is 388. The van der Waals surface area contributed by atoms with E-state index in [9.17, 15) is 0 Å². The third-order valence-electron chi connectivity index (χ3n) is 3.89. The Kier molecular flexibility index (Phi) is 5.23. The molecule has 0 bridgehead atoms. The maximum absolute atomic E-state index is 5.40. The van der Waals surface area contributed by atoms with Crippen molar-refractivity contribution in [3.8, 4) is 5.75 Å². The van der Waals surface area contributed by atoms with Gasteiger partial charge in [-0.15, -0.1) is 0 Å². The number of nitrogens with one attached hydrogen (secondary N) is 2. The number of rotatable bonds is 6. The first-order valence-electron chi connectivity index (χ1n) is 7.29. The molecule has 1 aromatic carbocycles. The van der Waals surface area contributed by atoms with Gasteiger partial charge in [-0.05, 0) is 62.9 Å². The Hall–Kier alpha value is -1.06. The summed E-state index contributed by atoms with van der Waals surface area (Å²) in [7, 11) is 1.74. The normalized spacial score (nSPS) is 18.8. The minimum absolute atomic E-state index is 0.729. The average molecular weight is 262 g/mol. The minimum atomic E-state index is 0.729. The van der Waals surface area contributed by atoms with Gasteiger partial charge in [0, 0.05) is 12.6 Å². The summed E-state index contributed by atoms with van der Waals surface area (Å²) in [5.74, 6) is 1.01. The third-order valence-corrected chi connectivity index (χ3v) is 3.89. The van der Waals surface area contributed by atoms with Crippen LogP contribution >= 0.6 is 0 Å². The quantitative estimate of drug-likeness (QED) is 0.773. The molecule has 2 rings (SSSR count). The highest BCUT2D eigenvalue weighted by Gasteiger charge is 2.12. The molecule has 1 aromatic rings. The smallest absolute Gasteiger partial charge is 0.124 e. The monoisotopic (exact) mass is 262 g/mol. The van der Waals surface area contributed by atoms with E-state index in [2.05, 4.69) is 36.6 Å². The number of benzene rings is 1. The van der Waals surface area contributed by atoms with Crippen LogP contribution in [0.3, 0.4) is 0 Å². The Morgan fingerprint density at radius 1 is 1.32 bits per heavy atom. The van der Waals surface area contributed by atoms with Crippen molar-refractivity contribution in [1.82, 2.24) is 10.6 Å². The van der Waals surface area contributed by atoms with Gasteiger partial charge in [0.25, 0.3) is 0 Å². The lowest BCUT2D eigenvalue weighted by Gasteiger charge is -2.13. The van der Waals surface area contributed by atoms with Crippen LogP contribution in [-0.4, -0.2) is 26.2 Å². The van der Waals surface area contributed by atoms with Crippen molar-refractivity contribution in [2.24, 2.45) is 0 Å². The van der Waals surface area contributed by atoms with Crippen molar-refractivity contribution >= 4 is 0 Å². The van der Waals surface area contributed by atoms with Gasteiger partial charge in [0.15, 0.2) is 0 Å². The van der Waals surface area contributed by atoms with E-state index in [-0.39, 0.29) is 0 Å². The van der Waals surface area contributed by atoms with E-state index in [0.717, 1.165) is 24.9 Å². The van der Waals surface area contributed by atoms with Crippen molar-refractivity contribution in [2.45, 2.75) is 45.7 Å². The topological polar surface area (TPSA) is 33.3 Å². The maximum Gasteiger partial charge on any atom is 0.124 e. The molecule has 1 fully saturated rings. The Labute approximate surface area is 116 Å². The fourth-order valence-electron chi connectivity index (χ4n) is 2.98. The summed E-state index contributed by atoms with van der Waals surface area (Å²) in [6.45, 7) is 7.44. The summed E-state index contributed by atoms with van der Waals surface area (Å²) in [5.41, 5.74) is 3.78. The summed E-state index contributed by atoms with van der Waals surface area (Å²) < 4.78 is 5.40. The van der Waals surface area contributed by atoms with Gasteiger partial charge in [0.05, 0.1) is 7.11 Å². The highest BCUT2D eigenvalue weighted by molar-refractivity contribution is 5.43. The highest BCUT2D eigenvalue weighted by Crippen LogP contribution is 2.24. The molecule has 106 valence electrons. The van der Waals surface area contributed by atoms with Gasteiger partial charge < -0.3 is 15.4 Å². The standard InChI is InChI=1S/C16H26N2O/c1-12-9-14(10-13(2)16(12)19-3)11-17-8-6-15-5-4-7-18-15/h9-10,15,17-18H,4-8,11H2,1-3H3. The molecule has 0 radical (unpaired) electrons. The van der Waals surface area contributed by atoms with Crippen molar-refractivity contribution in [2.75, 3.05) is 20.2 Å². The number of aryl methyl sites for hydroxylation is 2. The molecule has 3 nitrogen and oxygen atoms in total. The van der Waals surface area contributed by atoms with Crippen molar-refractivity contribution in [3.05, 3.63) is 28.8 Å². The molecule has 1 unspecified atom stereocenters. The van der Waals surface area contributed by atoms with Gasteiger partial charge in [-0.25, -0.2) is 0 Å². The van der Waals surface area contributed by atoms with Gasteiger partial charge in [0.1, 0.15) is 5.75 Å². The first-order chi connectivity index (χ1) is 9.20. The minimum Gasteiger partial charge on any atom is -0.496 e. The second-order valence-corrected chi connectivity index (χ2v) is 5.52. The first-order valence-corrected chi connectivity index (χ1v) is 7.29. The van der Waals surface area contributed by atoms with E-state index in [1.54, 1.807) is 7.11 Å². The zero-order valence-corrected chi connectivity index (χ0v) is 12.4. The molecule has 1 saturated heterocycles. The number of hydrogen-bond donors (Lipinski definition) is 2. The van der Waals surface area contributed by atoms with E-state index in [1.165, 1.54) is 42.5 Å². The largest absolute Gasteiger partial charge is 0.496 e. The van der Waals surface area contributed by atoms with E-state index in [4.69, 9.17) is 4.74 Å². The number of hydrogen-bond acceptors (Lipinski definition) is 3. The van der Waals surface area contributed by atoms with Crippen molar-refractivity contribution < 1.29 is 4.74 Å². The highest BCUT2D eigenvalue weighted by atomic mass is 16.5. The molecule has 0 spiro atoms. The summed E-state index contributed by atoms with van der Waals surface area (Å²) in [4.78, 5) is 0. The maximum atomic E-state index is 5.40. The fraction of sp³-hybridized carbons (Fsp3) is 0.625. The molecule has 0 aromatic heterocycles. The van der Waals surface area contributed by atoms with Crippen LogP contribution in [0, 0.1) is 13.8 Å². The van der Waals surface area contributed by atoms with Gasteiger partial charge in [0.2, 0.25) is 0 Å². The van der Waals surface area contributed by atoms with Crippen LogP contribution in [0.25, 0.3) is 0 Å². The lowest BCUT2D eigenvalue weighted by atomic mass is 10.1. The lowest BCUT2D eigenvalue weighted by molar-refractivity contribution is 0.408. The lowest BCUT2D eigenvalue weighted by Crippen LogP contribution is -2.26. The molecule has 1 atom stereocenters. The third kappa shape index (κ3) is 3.95. The van der Waals surface area contributed by atoms with Crippen LogP contribution in [0.2, 0.25) is 0 Å². The molecule has 1 aliphatic rings. The number of methoxy groups -OCH3 is 1. The van der Waals surface area contributed by atoms with Gasteiger partial charge in [-0.3, -0.25) is 0 Å². The second-order valence-electron chi connectivity index (χ2n) is 5.52. The zero-order chi connectivity index (χ0) is 13.7. The van der Waals surface area contributed by atoms with E-state index in [1.807, 2.05) is 0 Å². The molecule has 0 aliphatic carbocycles. The van der Waals surface area contributed by atoms with E-state index in [0.29, 0.717) is 0 Å². The predicted octanol–water partition coefficient (Wildman–Crippen LogP) is 2.54. The van der Waals surface area contributed by atoms with Crippen molar-refractivity contribution in [1.29, 1.82) is 0 Å². The van der Waals surface area contributed by atoms with Crippen LogP contribution in [0.1, 0.15) is 36.0 Å². The summed E-state index contributed by atoms with van der Waals surface area (Å²) >= 11 is 0. The summed E-state index contributed by atoms with van der Waals surface area (Å²) in [5, 5.41) is 7.07. The molecule has 1 heterocycles. The van der Waals surface area contributed by atoms with Gasteiger partial charge >= 0.3 is 0 Å². The van der Waals surface area contributed by atoms with Crippen LogP contribution in [-0.2, 0) is 6.54 Å². The molecular formula is C16H26N2O. The van der Waals surface area contributed by atoms with Crippen LogP contribution in [0.15, 0.2) is 12.1 Å². The molecule has 2 N–H and O–H groups in total. The van der Waals surface area contributed by atoms with Crippen LogP contribution in [0.5, 0.6) is 5.75 Å². The molecular weight excluding hydrogens is 236 g/mol. The summed E-state index contributed by atoms with van der Waals surface area (Å²) in [6.07, 6.45) is 3.90. The van der Waals surface area contributed by atoms with Crippen LogP contribution < -0.4 is 15.4 Å². The first kappa shape index (κ1) is 14.4. The van der Waals surface area contributed by atoms with Crippen LogP contribution in [0.4, 0.5) is 0 Å². The van der Waals surface area contributed by atoms with Crippen molar-refractivity contribution in [3.63, 3.8) is 0 Å². The Morgan fingerprint density at radius 3 is 2.63 bits per heavy atom. The second kappa shape index (κ2) is 6.92. The molecule has 1 aliphatic heterocycles. The van der Waals surface area contributed by atoms with E-state index < -0.39 is 0 Å². The summed E-state index contributed by atoms with van der Waals surface area (Å²) in [6, 6.07) is 5.16. The van der Waals surface area contributed by atoms with Gasteiger partial charge in [-0.1, -0.05) is 12.1 Å². The molecule has 3 heteroatoms. The molecule has 0 amide bonds. The Balaban J connectivity index is 1.79. The SMILES string of the molecule is COc1c(C)cc(CNCCC2CCCN2)cc1C. The zero-order valence-electron chi connectivity index (χ0n) is 12.4. The van der Waals surface area contributed by atoms with Gasteiger partial charge in [-0.2, -0.15) is 0 Å². The Morgan fingerprint density at radius 2 is 2.05 bits per heavy atom. The number of ether oxygens (including phenoxy) is 1.